The molecule has 2 aromatic rings. The van der Waals surface area contributed by atoms with Gasteiger partial charge in [-0.25, -0.2) is 4.79 Å². The van der Waals surface area contributed by atoms with E-state index in [1.54, 1.807) is 23.1 Å². The summed E-state index contributed by atoms with van der Waals surface area (Å²) in [6, 6.07) is 11.6. The highest BCUT2D eigenvalue weighted by Crippen LogP contribution is 2.33. The average Bonchev–Trinajstić information content (AvgIpc) is 3.19. The number of urea groups is 1. The Morgan fingerprint density at radius 1 is 0.825 bits per heavy atom. The standard InChI is InChI=1S/C29H30ClN5O5/c30-19-3-1-4-21(15-19)34-12-2-11-33(29(34)40)17-18-9-13-32(14-10-18)20-5-6-22-23(16-20)28(39)35(27(22)38)24-7-8-25(36)31-26(24)37/h1,3-6,15-16,18,24H,2,7-14,17H2,(H,31,36,37). The Kier molecular flexibility index (Phi) is 6.95. The van der Waals surface area contributed by atoms with E-state index in [9.17, 15) is 24.0 Å². The summed E-state index contributed by atoms with van der Waals surface area (Å²) in [5, 5.41) is 2.83. The maximum absolute atomic E-state index is 13.2. The van der Waals surface area contributed by atoms with Gasteiger partial charge in [0.1, 0.15) is 6.04 Å². The molecule has 0 aliphatic carbocycles. The number of rotatable bonds is 5. The first-order valence-electron chi connectivity index (χ1n) is 13.7. The van der Waals surface area contributed by atoms with Crippen molar-refractivity contribution in [3.05, 3.63) is 58.6 Å². The number of imide groups is 2. The smallest absolute Gasteiger partial charge is 0.324 e. The highest BCUT2D eigenvalue weighted by Gasteiger charge is 2.44. The minimum absolute atomic E-state index is 0.0123. The second-order valence-corrected chi connectivity index (χ2v) is 11.3. The van der Waals surface area contributed by atoms with E-state index in [1.165, 1.54) is 0 Å². The van der Waals surface area contributed by atoms with Gasteiger partial charge in [-0.15, -0.1) is 0 Å². The molecule has 6 rings (SSSR count). The molecule has 10 nitrogen and oxygen atoms in total. The number of piperidine rings is 2. The number of hydrogen-bond donors (Lipinski definition) is 1. The molecule has 0 spiro atoms. The number of nitrogens with zero attached hydrogens (tertiary/aromatic N) is 4. The predicted octanol–water partition coefficient (Wildman–Crippen LogP) is 3.29. The van der Waals surface area contributed by atoms with Crippen molar-refractivity contribution in [2.45, 2.75) is 38.1 Å². The Bertz CT molecular complexity index is 1400. The van der Waals surface area contributed by atoms with E-state index < -0.39 is 29.7 Å². The first kappa shape index (κ1) is 26.3. The van der Waals surface area contributed by atoms with Crippen LogP contribution in [-0.2, 0) is 9.59 Å². The van der Waals surface area contributed by atoms with Crippen molar-refractivity contribution >= 4 is 52.6 Å². The van der Waals surface area contributed by atoms with Crippen LogP contribution in [0, 0.1) is 5.92 Å². The molecule has 4 aliphatic heterocycles. The van der Waals surface area contributed by atoms with E-state index in [2.05, 4.69) is 10.2 Å². The number of anilines is 2. The van der Waals surface area contributed by atoms with Crippen LogP contribution in [0.15, 0.2) is 42.5 Å². The lowest BCUT2D eigenvalue weighted by Crippen LogP contribution is -2.54. The van der Waals surface area contributed by atoms with Crippen LogP contribution in [0.2, 0.25) is 5.02 Å². The molecule has 0 bridgehead atoms. The molecule has 40 heavy (non-hydrogen) atoms. The lowest BCUT2D eigenvalue weighted by atomic mass is 9.95. The summed E-state index contributed by atoms with van der Waals surface area (Å²) < 4.78 is 0. The van der Waals surface area contributed by atoms with Crippen LogP contribution in [0.5, 0.6) is 0 Å². The van der Waals surface area contributed by atoms with Gasteiger partial charge in [0.2, 0.25) is 11.8 Å². The molecule has 0 aromatic heterocycles. The van der Waals surface area contributed by atoms with Gasteiger partial charge in [-0.3, -0.25) is 34.3 Å². The number of carbonyl (C=O) groups is 5. The van der Waals surface area contributed by atoms with Crippen LogP contribution >= 0.6 is 11.6 Å². The number of hydrogen-bond acceptors (Lipinski definition) is 6. The quantitative estimate of drug-likeness (QED) is 0.559. The number of fused-ring (bicyclic) bond motifs is 1. The molecule has 3 saturated heterocycles. The van der Waals surface area contributed by atoms with Gasteiger partial charge in [0, 0.05) is 55.5 Å². The normalized spacial score (nSPS) is 22.2. The summed E-state index contributed by atoms with van der Waals surface area (Å²) in [5.74, 6) is -1.65. The summed E-state index contributed by atoms with van der Waals surface area (Å²) in [7, 11) is 0. The Morgan fingerprint density at radius 3 is 2.35 bits per heavy atom. The van der Waals surface area contributed by atoms with Gasteiger partial charge in [0.05, 0.1) is 11.1 Å². The molecule has 1 unspecified atom stereocenters. The minimum Gasteiger partial charge on any atom is -0.371 e. The fourth-order valence-corrected chi connectivity index (χ4v) is 6.36. The van der Waals surface area contributed by atoms with Gasteiger partial charge in [0.15, 0.2) is 0 Å². The lowest BCUT2D eigenvalue weighted by molar-refractivity contribution is -0.136. The van der Waals surface area contributed by atoms with Crippen LogP contribution in [-0.4, -0.2) is 78.2 Å². The third-order valence-corrected chi connectivity index (χ3v) is 8.55. The van der Waals surface area contributed by atoms with E-state index in [1.807, 2.05) is 29.2 Å². The average molecular weight is 564 g/mol. The zero-order chi connectivity index (χ0) is 28.0. The Hall–Kier alpha value is -3.92. The largest absolute Gasteiger partial charge is 0.371 e. The van der Waals surface area contributed by atoms with Crippen LogP contribution < -0.4 is 15.1 Å². The van der Waals surface area contributed by atoms with Crippen molar-refractivity contribution in [3.63, 3.8) is 0 Å². The van der Waals surface area contributed by atoms with Crippen molar-refractivity contribution in [2.75, 3.05) is 42.5 Å². The van der Waals surface area contributed by atoms with E-state index in [-0.39, 0.29) is 30.0 Å². The SMILES string of the molecule is O=C1CCC(N2C(=O)c3ccc(N4CCC(CN5CCCN(c6cccc(Cl)c6)C5=O)CC4)cc3C2=O)C(=O)N1. The molecule has 4 aliphatic rings. The number of halogens is 1. The molecular weight excluding hydrogens is 534 g/mol. The molecule has 6 amide bonds. The molecule has 3 fully saturated rings. The van der Waals surface area contributed by atoms with E-state index in [0.29, 0.717) is 24.0 Å². The molecule has 4 heterocycles. The van der Waals surface area contributed by atoms with Gasteiger partial charge >= 0.3 is 6.03 Å². The maximum atomic E-state index is 13.2. The van der Waals surface area contributed by atoms with Crippen molar-refractivity contribution in [2.24, 2.45) is 5.92 Å². The van der Waals surface area contributed by atoms with Crippen LogP contribution in [0.3, 0.4) is 0 Å². The number of carbonyl (C=O) groups excluding carboxylic acids is 5. The second-order valence-electron chi connectivity index (χ2n) is 10.8. The third kappa shape index (κ3) is 4.81. The molecule has 11 heteroatoms. The first-order valence-corrected chi connectivity index (χ1v) is 14.1. The van der Waals surface area contributed by atoms with Crippen molar-refractivity contribution in [3.8, 4) is 0 Å². The van der Waals surface area contributed by atoms with Gasteiger partial charge < -0.3 is 9.80 Å². The highest BCUT2D eigenvalue weighted by atomic mass is 35.5. The van der Waals surface area contributed by atoms with Crippen LogP contribution in [0.1, 0.15) is 52.8 Å². The molecular formula is C29H30ClN5O5. The van der Waals surface area contributed by atoms with E-state index in [4.69, 9.17) is 11.6 Å². The van der Waals surface area contributed by atoms with Gasteiger partial charge in [-0.2, -0.15) is 0 Å². The number of nitrogens with one attached hydrogen (secondary N) is 1. The zero-order valence-corrected chi connectivity index (χ0v) is 22.7. The predicted molar refractivity (Wildman–Crippen MR) is 148 cm³/mol. The lowest BCUT2D eigenvalue weighted by Gasteiger charge is -2.40. The van der Waals surface area contributed by atoms with Gasteiger partial charge in [0.25, 0.3) is 11.8 Å². The second kappa shape index (κ2) is 10.6. The Balaban J connectivity index is 1.08. The van der Waals surface area contributed by atoms with Crippen molar-refractivity contribution in [1.82, 2.24) is 15.1 Å². The van der Waals surface area contributed by atoms with Crippen LogP contribution in [0.4, 0.5) is 16.2 Å². The summed E-state index contributed by atoms with van der Waals surface area (Å²) >= 11 is 6.15. The van der Waals surface area contributed by atoms with E-state index in [0.717, 1.165) is 55.2 Å². The van der Waals surface area contributed by atoms with E-state index >= 15 is 0 Å². The van der Waals surface area contributed by atoms with Gasteiger partial charge in [-0.1, -0.05) is 17.7 Å². The number of amides is 6. The summed E-state index contributed by atoms with van der Waals surface area (Å²) in [5.41, 5.74) is 2.23. The number of benzene rings is 2. The van der Waals surface area contributed by atoms with Crippen molar-refractivity contribution < 1.29 is 24.0 Å². The fraction of sp³-hybridized carbons (Fsp3) is 0.414. The van der Waals surface area contributed by atoms with Crippen LogP contribution in [0.25, 0.3) is 0 Å². The first-order chi connectivity index (χ1) is 19.3. The summed E-state index contributed by atoms with van der Waals surface area (Å²) in [6.45, 7) is 3.64. The molecule has 2 aromatic carbocycles. The van der Waals surface area contributed by atoms with Crippen molar-refractivity contribution in [1.29, 1.82) is 0 Å². The topological polar surface area (TPSA) is 110 Å². The van der Waals surface area contributed by atoms with Gasteiger partial charge in [-0.05, 0) is 68.0 Å². The molecule has 0 saturated carbocycles. The maximum Gasteiger partial charge on any atom is 0.324 e. The summed E-state index contributed by atoms with van der Waals surface area (Å²) in [6.07, 6.45) is 2.91. The Morgan fingerprint density at radius 2 is 1.60 bits per heavy atom. The Labute approximate surface area is 236 Å². The minimum atomic E-state index is -0.975. The zero-order valence-electron chi connectivity index (χ0n) is 22.0. The molecule has 1 N–H and O–H groups in total. The molecule has 0 radical (unpaired) electrons. The highest BCUT2D eigenvalue weighted by molar-refractivity contribution is 6.31. The third-order valence-electron chi connectivity index (χ3n) is 8.31. The monoisotopic (exact) mass is 563 g/mol. The summed E-state index contributed by atoms with van der Waals surface area (Å²) in [4.78, 5) is 70.2. The molecule has 208 valence electrons. The fourth-order valence-electron chi connectivity index (χ4n) is 6.18. The molecule has 1 atom stereocenters.